The lowest BCUT2D eigenvalue weighted by molar-refractivity contribution is -0.288. The highest BCUT2D eigenvalue weighted by molar-refractivity contribution is 6.34. The molecule has 0 aromatic heterocycles. The van der Waals surface area contributed by atoms with Crippen molar-refractivity contribution in [1.82, 2.24) is 0 Å². The molecule has 0 radical (unpaired) electrons. The second-order valence-corrected chi connectivity index (χ2v) is 10.6. The molecule has 44 heavy (non-hydrogen) atoms. The Morgan fingerprint density at radius 1 is 0.614 bits per heavy atom. The molecule has 2 aliphatic heterocycles. The van der Waals surface area contributed by atoms with Gasteiger partial charge in [0.05, 0.1) is 34.3 Å². The zero-order valence-electron chi connectivity index (χ0n) is 22.6. The number of amides is 4. The van der Waals surface area contributed by atoms with Gasteiger partial charge in [0.15, 0.2) is 0 Å². The molecule has 1 saturated heterocycles. The number of hydrogen-bond donors (Lipinski definition) is 0. The van der Waals surface area contributed by atoms with Gasteiger partial charge in [0, 0.05) is 0 Å². The summed E-state index contributed by atoms with van der Waals surface area (Å²) in [5.74, 6) is -4.43. The molecule has 3 aromatic carbocycles. The summed E-state index contributed by atoms with van der Waals surface area (Å²) in [5.41, 5.74) is -6.62. The highest BCUT2D eigenvalue weighted by Gasteiger charge is 2.72. The second kappa shape index (κ2) is 9.76. The van der Waals surface area contributed by atoms with Crippen molar-refractivity contribution in [2.45, 2.75) is 24.7 Å². The highest BCUT2D eigenvalue weighted by atomic mass is 19.4. The van der Waals surface area contributed by atoms with Crippen LogP contribution in [-0.4, -0.2) is 36.0 Å². The van der Waals surface area contributed by atoms with Gasteiger partial charge in [-0.15, -0.1) is 0 Å². The minimum absolute atomic E-state index is 0.0537. The number of fused-ring (bicyclic) bond motifs is 2. The lowest BCUT2D eigenvalue weighted by atomic mass is 9.73. The van der Waals surface area contributed by atoms with E-state index in [9.17, 15) is 45.5 Å². The number of benzene rings is 3. The van der Waals surface area contributed by atoms with Crippen molar-refractivity contribution in [3.63, 3.8) is 0 Å². The fourth-order valence-electron chi connectivity index (χ4n) is 6.18. The van der Waals surface area contributed by atoms with Crippen molar-refractivity contribution in [1.29, 1.82) is 0 Å². The molecule has 2 atom stereocenters. The molecule has 0 spiro atoms. The predicted molar refractivity (Wildman–Crippen MR) is 146 cm³/mol. The third kappa shape index (κ3) is 3.96. The Bertz CT molecular complexity index is 1740. The van der Waals surface area contributed by atoms with Crippen molar-refractivity contribution in [3.8, 4) is 0 Å². The summed E-state index contributed by atoms with van der Waals surface area (Å²) in [7, 11) is 0. The Morgan fingerprint density at radius 2 is 1.07 bits per heavy atom. The first-order chi connectivity index (χ1) is 20.7. The van der Waals surface area contributed by atoms with E-state index < -0.39 is 64.4 Å². The number of allylic oxidation sites excluding steroid dienone is 2. The number of carbonyl (C=O) groups excluding carboxylic acids is 4. The van der Waals surface area contributed by atoms with Crippen molar-refractivity contribution in [3.05, 3.63) is 119 Å². The zero-order chi connectivity index (χ0) is 31.8. The van der Waals surface area contributed by atoms with Crippen LogP contribution >= 0.6 is 0 Å². The smallest absolute Gasteiger partial charge is 0.273 e. The maximum Gasteiger partial charge on any atom is 0.411 e. The number of nitrogens with zero attached hydrogens (tertiary/aromatic N) is 2. The Hall–Kier alpha value is -5.00. The fourth-order valence-corrected chi connectivity index (χ4v) is 6.18. The number of imide groups is 2. The summed E-state index contributed by atoms with van der Waals surface area (Å²) in [5, 5.41) is 0. The van der Waals surface area contributed by atoms with Crippen LogP contribution in [0, 0.1) is 11.8 Å². The monoisotopic (exact) mass is 610 g/mol. The molecule has 1 aliphatic carbocycles. The summed E-state index contributed by atoms with van der Waals surface area (Å²) in [6, 6.07) is 11.6. The van der Waals surface area contributed by atoms with Crippen LogP contribution in [0.5, 0.6) is 0 Å². The van der Waals surface area contributed by atoms with E-state index in [-0.39, 0.29) is 22.5 Å². The molecule has 4 amide bonds. The minimum Gasteiger partial charge on any atom is -0.273 e. The summed E-state index contributed by atoms with van der Waals surface area (Å²) >= 11 is 0. The number of hydrogen-bond acceptors (Lipinski definition) is 4. The molecule has 1 fully saturated rings. The molecule has 0 N–H and O–H groups in total. The van der Waals surface area contributed by atoms with E-state index in [0.29, 0.717) is 34.7 Å². The summed E-state index contributed by atoms with van der Waals surface area (Å²) in [6.45, 7) is 1.65. The molecule has 224 valence electrons. The van der Waals surface area contributed by atoms with Crippen molar-refractivity contribution in [2.24, 2.45) is 11.8 Å². The van der Waals surface area contributed by atoms with Gasteiger partial charge in [0.25, 0.3) is 11.8 Å². The SMILES string of the molecule is CC1=CC=CC2C(=O)N(c3ccc(C(c4ccc(N5C(=O)c6ccccc6C5=O)cc4)(C(F)(F)F)C(F)(F)F)cc3)C(=O)C12. The molecule has 6 rings (SSSR count). The molecule has 12 heteroatoms. The first-order valence-electron chi connectivity index (χ1n) is 13.3. The molecular weight excluding hydrogens is 590 g/mol. The third-order valence-corrected chi connectivity index (χ3v) is 8.28. The molecule has 3 aliphatic rings. The molecule has 0 saturated carbocycles. The topological polar surface area (TPSA) is 74.8 Å². The van der Waals surface area contributed by atoms with Gasteiger partial charge in [0.2, 0.25) is 17.2 Å². The second-order valence-electron chi connectivity index (χ2n) is 10.6. The Kier molecular flexibility index (Phi) is 6.45. The molecule has 2 unspecified atom stereocenters. The Morgan fingerprint density at radius 3 is 1.50 bits per heavy atom. The van der Waals surface area contributed by atoms with Crippen molar-refractivity contribution in [2.75, 3.05) is 9.80 Å². The predicted octanol–water partition coefficient (Wildman–Crippen LogP) is 6.52. The molecule has 3 aromatic rings. The number of anilines is 2. The van der Waals surface area contributed by atoms with Gasteiger partial charge in [-0.3, -0.25) is 19.2 Å². The largest absolute Gasteiger partial charge is 0.411 e. The van der Waals surface area contributed by atoms with E-state index in [1.165, 1.54) is 30.3 Å². The van der Waals surface area contributed by atoms with Crippen LogP contribution in [0.4, 0.5) is 37.7 Å². The van der Waals surface area contributed by atoms with Gasteiger partial charge in [-0.05, 0) is 54.4 Å². The zero-order valence-corrected chi connectivity index (χ0v) is 22.6. The minimum atomic E-state index is -5.91. The first kappa shape index (κ1) is 29.1. The van der Waals surface area contributed by atoms with E-state index in [2.05, 4.69) is 0 Å². The highest BCUT2D eigenvalue weighted by Crippen LogP contribution is 2.56. The Labute approximate surface area is 245 Å². The number of halogens is 6. The van der Waals surface area contributed by atoms with E-state index in [1.54, 1.807) is 19.1 Å². The van der Waals surface area contributed by atoms with E-state index in [0.717, 1.165) is 29.2 Å². The van der Waals surface area contributed by atoms with Gasteiger partial charge >= 0.3 is 12.4 Å². The van der Waals surface area contributed by atoms with Crippen LogP contribution in [0.2, 0.25) is 0 Å². The van der Waals surface area contributed by atoms with Crippen LogP contribution in [-0.2, 0) is 15.0 Å². The average molecular weight is 611 g/mol. The summed E-state index contributed by atoms with van der Waals surface area (Å²) < 4.78 is 88.5. The normalized spacial score (nSPS) is 20.3. The summed E-state index contributed by atoms with van der Waals surface area (Å²) in [6.07, 6.45) is -7.04. The molecule has 2 heterocycles. The van der Waals surface area contributed by atoms with E-state index in [1.807, 2.05) is 0 Å². The van der Waals surface area contributed by atoms with Crippen LogP contribution in [0.15, 0.2) is 96.6 Å². The van der Waals surface area contributed by atoms with E-state index >= 15 is 0 Å². The fraction of sp³-hybridized carbons (Fsp3) is 0.188. The molecule has 6 nitrogen and oxygen atoms in total. The third-order valence-electron chi connectivity index (χ3n) is 8.28. The van der Waals surface area contributed by atoms with Crippen molar-refractivity contribution >= 4 is 35.0 Å². The van der Waals surface area contributed by atoms with Crippen molar-refractivity contribution < 1.29 is 45.5 Å². The van der Waals surface area contributed by atoms with Gasteiger partial charge < -0.3 is 0 Å². The van der Waals surface area contributed by atoms with Crippen LogP contribution in [0.3, 0.4) is 0 Å². The lowest BCUT2D eigenvalue weighted by Crippen LogP contribution is -2.54. The molecule has 0 bridgehead atoms. The summed E-state index contributed by atoms with van der Waals surface area (Å²) in [4.78, 5) is 53.1. The maximum atomic E-state index is 14.7. The van der Waals surface area contributed by atoms with E-state index in [4.69, 9.17) is 0 Å². The quantitative estimate of drug-likeness (QED) is 0.249. The van der Waals surface area contributed by atoms with Gasteiger partial charge in [-0.2, -0.15) is 26.3 Å². The van der Waals surface area contributed by atoms with Crippen LogP contribution < -0.4 is 9.80 Å². The number of alkyl halides is 6. The van der Waals surface area contributed by atoms with Crippen LogP contribution in [0.25, 0.3) is 0 Å². The standard InChI is InChI=1S/C32H20F6N2O4/c1-17-5-4-8-24-25(17)29(44)40(28(24)43)21-15-11-19(12-16-21)30(31(33,34)35,32(36,37)38)18-9-13-20(14-10-18)39-26(41)22-6-2-3-7-23(22)27(39)42/h2-16,24-25H,1H3. The molecular formula is C32H20F6N2O4. The first-order valence-corrected chi connectivity index (χ1v) is 13.3. The van der Waals surface area contributed by atoms with Gasteiger partial charge in [-0.25, -0.2) is 9.80 Å². The van der Waals surface area contributed by atoms with Gasteiger partial charge in [0.1, 0.15) is 0 Å². The average Bonchev–Trinajstić information content (AvgIpc) is 3.38. The van der Waals surface area contributed by atoms with Gasteiger partial charge in [-0.1, -0.05) is 60.2 Å². The Balaban J connectivity index is 1.40. The van der Waals surface area contributed by atoms with Crippen LogP contribution in [0.1, 0.15) is 38.8 Å². The number of carbonyl (C=O) groups is 4. The lowest BCUT2D eigenvalue weighted by Gasteiger charge is -2.38. The maximum absolute atomic E-state index is 14.7. The number of rotatable bonds is 4.